The van der Waals surface area contributed by atoms with Crippen molar-refractivity contribution in [2.45, 2.75) is 39.7 Å². The van der Waals surface area contributed by atoms with Crippen LogP contribution < -0.4 is 0 Å². The Hall–Kier alpha value is -2.56. The van der Waals surface area contributed by atoms with Gasteiger partial charge in [0, 0.05) is 22.7 Å². The molecule has 5 nitrogen and oxygen atoms in total. The van der Waals surface area contributed by atoms with Crippen molar-refractivity contribution >= 4 is 16.9 Å². The van der Waals surface area contributed by atoms with Crippen molar-refractivity contribution in [3.8, 4) is 0 Å². The lowest BCUT2D eigenvalue weighted by Gasteiger charge is -2.05. The Labute approximate surface area is 134 Å². The van der Waals surface area contributed by atoms with Crippen molar-refractivity contribution in [3.63, 3.8) is 0 Å². The molecule has 0 saturated carbocycles. The maximum Gasteiger partial charge on any atom is 0.354 e. The van der Waals surface area contributed by atoms with Gasteiger partial charge >= 0.3 is 5.97 Å². The number of para-hydroxylation sites is 1. The van der Waals surface area contributed by atoms with Gasteiger partial charge in [-0.05, 0) is 24.0 Å². The molecule has 0 unspecified atom stereocenters. The number of carboxylic acid groups (broad SMARTS) is 1. The van der Waals surface area contributed by atoms with Gasteiger partial charge in [-0.2, -0.15) is 5.10 Å². The van der Waals surface area contributed by atoms with E-state index >= 15 is 0 Å². The SMILES string of the molecule is CCc1c(C(C)C)nn(Cc2c[nH]c3ccccc23)c1C(=O)O. The van der Waals surface area contributed by atoms with Crippen LogP contribution in [0, 0.1) is 0 Å². The summed E-state index contributed by atoms with van der Waals surface area (Å²) in [4.78, 5) is 15.0. The van der Waals surface area contributed by atoms with Crippen LogP contribution in [0.1, 0.15) is 54.0 Å². The molecule has 1 aromatic carbocycles. The molecule has 0 radical (unpaired) electrons. The Morgan fingerprint density at radius 3 is 2.74 bits per heavy atom. The Bertz CT molecular complexity index is 858. The van der Waals surface area contributed by atoms with Gasteiger partial charge in [-0.25, -0.2) is 4.79 Å². The molecule has 3 rings (SSSR count). The van der Waals surface area contributed by atoms with Gasteiger partial charge in [-0.1, -0.05) is 39.0 Å². The first-order chi connectivity index (χ1) is 11.0. The van der Waals surface area contributed by atoms with Gasteiger partial charge in [0.15, 0.2) is 0 Å². The highest BCUT2D eigenvalue weighted by molar-refractivity contribution is 5.88. The molecule has 2 heterocycles. The van der Waals surface area contributed by atoms with Gasteiger partial charge in [-0.15, -0.1) is 0 Å². The zero-order valence-electron chi connectivity index (χ0n) is 13.6. The monoisotopic (exact) mass is 311 g/mol. The van der Waals surface area contributed by atoms with Crippen LogP contribution in [0.3, 0.4) is 0 Å². The van der Waals surface area contributed by atoms with E-state index in [0.717, 1.165) is 27.7 Å². The summed E-state index contributed by atoms with van der Waals surface area (Å²) >= 11 is 0. The Kier molecular flexibility index (Phi) is 3.94. The average molecular weight is 311 g/mol. The predicted molar refractivity (Wildman–Crippen MR) is 90.1 cm³/mol. The minimum Gasteiger partial charge on any atom is -0.477 e. The first kappa shape index (κ1) is 15.3. The zero-order chi connectivity index (χ0) is 16.6. The summed E-state index contributed by atoms with van der Waals surface area (Å²) in [6, 6.07) is 8.01. The summed E-state index contributed by atoms with van der Waals surface area (Å²) in [5.41, 5.74) is 4.12. The first-order valence-electron chi connectivity index (χ1n) is 7.90. The average Bonchev–Trinajstić information content (AvgIpc) is 3.09. The van der Waals surface area contributed by atoms with Crippen LogP contribution in [0.5, 0.6) is 0 Å². The van der Waals surface area contributed by atoms with Gasteiger partial charge in [0.25, 0.3) is 0 Å². The number of H-pyrrole nitrogens is 1. The summed E-state index contributed by atoms with van der Waals surface area (Å²) in [6.07, 6.45) is 2.60. The topological polar surface area (TPSA) is 70.9 Å². The van der Waals surface area contributed by atoms with E-state index in [1.165, 1.54) is 0 Å². The molecule has 0 fully saturated rings. The molecule has 23 heavy (non-hydrogen) atoms. The van der Waals surface area contributed by atoms with Crippen molar-refractivity contribution in [2.75, 3.05) is 0 Å². The van der Waals surface area contributed by atoms with Crippen LogP contribution in [0.2, 0.25) is 0 Å². The van der Waals surface area contributed by atoms with E-state index in [1.807, 2.05) is 51.2 Å². The molecular weight excluding hydrogens is 290 g/mol. The summed E-state index contributed by atoms with van der Waals surface area (Å²) in [5, 5.41) is 15.4. The molecule has 0 amide bonds. The Morgan fingerprint density at radius 2 is 2.09 bits per heavy atom. The normalized spacial score (nSPS) is 11.5. The molecule has 0 aliphatic rings. The predicted octanol–water partition coefficient (Wildman–Crippen LogP) is 3.80. The minimum absolute atomic E-state index is 0.201. The molecule has 5 heteroatoms. The van der Waals surface area contributed by atoms with Crippen LogP contribution in [0.15, 0.2) is 30.5 Å². The second kappa shape index (κ2) is 5.91. The van der Waals surface area contributed by atoms with E-state index in [9.17, 15) is 9.90 Å². The number of aromatic carboxylic acids is 1. The first-order valence-corrected chi connectivity index (χ1v) is 7.90. The molecule has 0 bridgehead atoms. The number of aromatic amines is 1. The number of hydrogen-bond acceptors (Lipinski definition) is 2. The molecule has 0 spiro atoms. The minimum atomic E-state index is -0.916. The fourth-order valence-electron chi connectivity index (χ4n) is 3.11. The van der Waals surface area contributed by atoms with Crippen molar-refractivity contribution in [1.82, 2.24) is 14.8 Å². The Morgan fingerprint density at radius 1 is 1.35 bits per heavy atom. The highest BCUT2D eigenvalue weighted by Crippen LogP contribution is 2.25. The standard InChI is InChI=1S/C18H21N3O2/c1-4-13-16(11(2)3)20-21(17(13)18(22)23)10-12-9-19-15-8-6-5-7-14(12)15/h5-9,11,19H,4,10H2,1-3H3,(H,22,23). The molecule has 0 aliphatic carbocycles. The smallest absolute Gasteiger partial charge is 0.354 e. The number of rotatable bonds is 5. The highest BCUT2D eigenvalue weighted by Gasteiger charge is 2.23. The molecule has 120 valence electrons. The van der Waals surface area contributed by atoms with Crippen molar-refractivity contribution in [3.05, 3.63) is 53.0 Å². The fourth-order valence-corrected chi connectivity index (χ4v) is 3.11. The maximum absolute atomic E-state index is 11.8. The summed E-state index contributed by atoms with van der Waals surface area (Å²) in [5.74, 6) is -0.714. The summed E-state index contributed by atoms with van der Waals surface area (Å²) < 4.78 is 1.63. The number of carboxylic acids is 1. The Balaban J connectivity index is 2.10. The van der Waals surface area contributed by atoms with Gasteiger partial charge in [0.2, 0.25) is 0 Å². The number of aromatic nitrogens is 3. The molecule has 3 aromatic rings. The second-order valence-corrected chi connectivity index (χ2v) is 6.04. The van der Waals surface area contributed by atoms with Crippen LogP contribution in [-0.4, -0.2) is 25.8 Å². The van der Waals surface area contributed by atoms with Crippen LogP contribution in [-0.2, 0) is 13.0 Å². The zero-order valence-corrected chi connectivity index (χ0v) is 13.6. The van der Waals surface area contributed by atoms with E-state index < -0.39 is 5.97 Å². The van der Waals surface area contributed by atoms with Crippen LogP contribution in [0.25, 0.3) is 10.9 Å². The number of fused-ring (bicyclic) bond motifs is 1. The van der Waals surface area contributed by atoms with Crippen molar-refractivity contribution in [2.24, 2.45) is 0 Å². The second-order valence-electron chi connectivity index (χ2n) is 6.04. The van der Waals surface area contributed by atoms with Gasteiger partial charge in [0.05, 0.1) is 12.2 Å². The van der Waals surface area contributed by atoms with Crippen LogP contribution >= 0.6 is 0 Å². The lowest BCUT2D eigenvalue weighted by Crippen LogP contribution is -2.12. The lowest BCUT2D eigenvalue weighted by molar-refractivity contribution is 0.0682. The van der Waals surface area contributed by atoms with E-state index in [1.54, 1.807) is 4.68 Å². The summed E-state index contributed by atoms with van der Waals surface area (Å²) in [6.45, 7) is 6.52. The number of nitrogens with zero attached hydrogens (tertiary/aromatic N) is 2. The molecule has 2 N–H and O–H groups in total. The fraction of sp³-hybridized carbons (Fsp3) is 0.333. The van der Waals surface area contributed by atoms with Crippen LogP contribution in [0.4, 0.5) is 0 Å². The third-order valence-electron chi connectivity index (χ3n) is 4.18. The van der Waals surface area contributed by atoms with E-state index in [-0.39, 0.29) is 5.92 Å². The number of benzene rings is 1. The van der Waals surface area contributed by atoms with Gasteiger partial charge < -0.3 is 10.1 Å². The largest absolute Gasteiger partial charge is 0.477 e. The van der Waals surface area contributed by atoms with Crippen molar-refractivity contribution in [1.29, 1.82) is 0 Å². The molecular formula is C18H21N3O2. The number of carbonyl (C=O) groups is 1. The van der Waals surface area contributed by atoms with Crippen molar-refractivity contribution < 1.29 is 9.90 Å². The molecule has 0 atom stereocenters. The van der Waals surface area contributed by atoms with Gasteiger partial charge in [-0.3, -0.25) is 4.68 Å². The lowest BCUT2D eigenvalue weighted by atomic mass is 10.0. The molecule has 0 aliphatic heterocycles. The summed E-state index contributed by atoms with van der Waals surface area (Å²) in [7, 11) is 0. The highest BCUT2D eigenvalue weighted by atomic mass is 16.4. The quantitative estimate of drug-likeness (QED) is 0.753. The van der Waals surface area contributed by atoms with E-state index in [0.29, 0.717) is 18.7 Å². The third-order valence-corrected chi connectivity index (χ3v) is 4.18. The van der Waals surface area contributed by atoms with E-state index in [2.05, 4.69) is 10.1 Å². The third kappa shape index (κ3) is 2.63. The van der Waals surface area contributed by atoms with Gasteiger partial charge in [0.1, 0.15) is 5.69 Å². The molecule has 2 aromatic heterocycles. The maximum atomic E-state index is 11.8. The number of hydrogen-bond donors (Lipinski definition) is 2. The van der Waals surface area contributed by atoms with E-state index in [4.69, 9.17) is 0 Å². The number of nitrogens with one attached hydrogen (secondary N) is 1. The molecule has 0 saturated heterocycles.